The fourth-order valence-electron chi connectivity index (χ4n) is 3.45. The number of allylic oxidation sites excluding steroid dienone is 5. The Bertz CT molecular complexity index is 1380. The first-order valence-corrected chi connectivity index (χ1v) is 10.2. The fraction of sp³-hybridized carbons (Fsp3) is 0.120. The highest BCUT2D eigenvalue weighted by molar-refractivity contribution is 6.03. The molecule has 180 valence electrons. The molecule has 0 radical (unpaired) electrons. The van der Waals surface area contributed by atoms with Gasteiger partial charge in [-0.1, -0.05) is 0 Å². The van der Waals surface area contributed by atoms with Gasteiger partial charge in [-0.05, 0) is 48.1 Å². The first kappa shape index (κ1) is 23.3. The van der Waals surface area contributed by atoms with E-state index in [2.05, 4.69) is 0 Å². The molecule has 0 atom stereocenters. The molecule has 1 N–H and O–H groups in total. The van der Waals surface area contributed by atoms with Crippen molar-refractivity contribution < 1.29 is 38.2 Å². The Morgan fingerprint density at radius 2 is 1.63 bits per heavy atom. The van der Waals surface area contributed by atoms with Gasteiger partial charge in [-0.2, -0.15) is 4.90 Å². The van der Waals surface area contributed by atoms with Gasteiger partial charge in [0.15, 0.2) is 23.0 Å². The second-order valence-corrected chi connectivity index (χ2v) is 7.27. The number of rotatable bonds is 6. The van der Waals surface area contributed by atoms with Gasteiger partial charge in [-0.15, -0.1) is 0 Å². The van der Waals surface area contributed by atoms with Gasteiger partial charge in [0.25, 0.3) is 0 Å². The van der Waals surface area contributed by atoms with Crippen molar-refractivity contribution in [3.8, 4) is 28.7 Å². The van der Waals surface area contributed by atoms with Crippen molar-refractivity contribution in [3.63, 3.8) is 0 Å². The van der Waals surface area contributed by atoms with Crippen molar-refractivity contribution in [2.45, 2.75) is 0 Å². The second kappa shape index (κ2) is 9.56. The van der Waals surface area contributed by atoms with Crippen molar-refractivity contribution >= 4 is 28.7 Å². The van der Waals surface area contributed by atoms with E-state index < -0.39 is 10.9 Å². The number of esters is 1. The number of benzene rings is 2. The Labute approximate surface area is 199 Å². The van der Waals surface area contributed by atoms with Gasteiger partial charge in [0.1, 0.15) is 11.3 Å². The van der Waals surface area contributed by atoms with Crippen LogP contribution in [0, 0.1) is 10.4 Å². The maximum atomic E-state index is 12.8. The van der Waals surface area contributed by atoms with Crippen LogP contribution in [0.3, 0.4) is 0 Å². The summed E-state index contributed by atoms with van der Waals surface area (Å²) in [5.41, 5.74) is 1.01. The summed E-state index contributed by atoms with van der Waals surface area (Å²) >= 11 is 0. The number of hydrogen-bond acceptors (Lipinski definition) is 9. The van der Waals surface area contributed by atoms with Gasteiger partial charge >= 0.3 is 5.97 Å². The van der Waals surface area contributed by atoms with Gasteiger partial charge in [0.05, 0.1) is 32.3 Å². The minimum absolute atomic E-state index is 0.0467. The summed E-state index contributed by atoms with van der Waals surface area (Å²) in [6, 6.07) is 7.48. The quantitative estimate of drug-likeness (QED) is 0.237. The van der Waals surface area contributed by atoms with Gasteiger partial charge in [-0.25, -0.2) is 4.79 Å². The van der Waals surface area contributed by atoms with Crippen LogP contribution in [0.15, 0.2) is 64.6 Å². The number of carbonyl (C=O) groups is 1. The Hall–Kier alpha value is -4.86. The summed E-state index contributed by atoms with van der Waals surface area (Å²) in [6.07, 6.45) is 7.32. The predicted octanol–water partition coefficient (Wildman–Crippen LogP) is 4.34. The van der Waals surface area contributed by atoms with Crippen LogP contribution >= 0.6 is 0 Å². The fourth-order valence-corrected chi connectivity index (χ4v) is 3.45. The zero-order valence-corrected chi connectivity index (χ0v) is 18.9. The van der Waals surface area contributed by atoms with E-state index in [1.54, 1.807) is 12.1 Å². The molecule has 3 aromatic rings. The molecule has 0 unspecified atom stereocenters. The summed E-state index contributed by atoms with van der Waals surface area (Å²) in [5.74, 6) is 0.510. The summed E-state index contributed by atoms with van der Waals surface area (Å²) in [6.45, 7) is 0. The molecule has 1 heterocycles. The molecule has 2 aromatic carbocycles. The zero-order chi connectivity index (χ0) is 25.1. The van der Waals surface area contributed by atoms with Crippen molar-refractivity contribution in [2.24, 2.45) is 0 Å². The minimum atomic E-state index is -0.669. The molecular formula is C25H20NO9-. The van der Waals surface area contributed by atoms with Crippen molar-refractivity contribution in [1.82, 2.24) is 0 Å². The number of nitrogens with zero attached hydrogens (tertiary/aromatic N) is 1. The second-order valence-electron chi connectivity index (χ2n) is 7.27. The lowest BCUT2D eigenvalue weighted by molar-refractivity contribution is -0.377. The van der Waals surface area contributed by atoms with Crippen LogP contribution in [0.25, 0.3) is 17.0 Å². The lowest BCUT2D eigenvalue weighted by Crippen LogP contribution is -2.09. The Kier molecular flexibility index (Phi) is 6.36. The standard InChI is InChI=1S/C25H20NO9/c1-31-21-11-15(12-22(32-2)24(21)33-3)25(28)34-17-8-9-18-19(13-17)35-20(23(18)27)10-14-4-6-16(7-5-14)26(29)30/h4-13H,1-3H3,(H-,27,29,30)/q-1. The third-order valence-electron chi connectivity index (χ3n) is 5.17. The van der Waals surface area contributed by atoms with Crippen LogP contribution in [-0.2, 0) is 0 Å². The zero-order valence-electron chi connectivity index (χ0n) is 18.9. The number of fused-ring (bicyclic) bond motifs is 1. The largest absolute Gasteiger partial charge is 0.612 e. The van der Waals surface area contributed by atoms with Crippen LogP contribution in [0.2, 0.25) is 0 Å². The maximum absolute atomic E-state index is 12.8. The lowest BCUT2D eigenvalue weighted by Gasteiger charge is -2.13. The number of carbonyl (C=O) groups excluding carboxylic acids is 1. The molecule has 0 bridgehead atoms. The SMILES string of the molecule is COc1cc(C(=O)Oc2ccc3c(O)c(C=C4C=CC(=[N+]([O-])[O-])C=C4)oc3c2)cc(OC)c1OC. The first-order chi connectivity index (χ1) is 16.8. The van der Waals surface area contributed by atoms with Crippen molar-refractivity contribution in [3.05, 3.63) is 81.9 Å². The Balaban J connectivity index is 1.60. The smallest absolute Gasteiger partial charge is 0.343 e. The molecule has 0 saturated carbocycles. The number of ether oxygens (including phenoxy) is 4. The average Bonchev–Trinajstić information content (AvgIpc) is 3.17. The third-order valence-corrected chi connectivity index (χ3v) is 5.17. The molecule has 0 saturated heterocycles. The van der Waals surface area contributed by atoms with Crippen molar-refractivity contribution in [2.75, 3.05) is 21.3 Å². The van der Waals surface area contributed by atoms with E-state index in [-0.39, 0.29) is 34.1 Å². The summed E-state index contributed by atoms with van der Waals surface area (Å²) in [5, 5.41) is 32.6. The molecule has 0 fully saturated rings. The van der Waals surface area contributed by atoms with Gasteiger partial charge in [0.2, 0.25) is 11.5 Å². The molecule has 1 aliphatic rings. The van der Waals surface area contributed by atoms with Crippen LogP contribution < -0.4 is 18.9 Å². The normalized spacial score (nSPS) is 12.5. The van der Waals surface area contributed by atoms with E-state index >= 15 is 0 Å². The van der Waals surface area contributed by atoms with Crippen molar-refractivity contribution in [1.29, 1.82) is 0 Å². The highest BCUT2D eigenvalue weighted by atomic mass is 16.8. The lowest BCUT2D eigenvalue weighted by atomic mass is 10.1. The highest BCUT2D eigenvalue weighted by Crippen LogP contribution is 2.39. The van der Waals surface area contributed by atoms with E-state index in [0.29, 0.717) is 28.2 Å². The van der Waals surface area contributed by atoms with E-state index in [9.17, 15) is 20.3 Å². The summed E-state index contributed by atoms with van der Waals surface area (Å²) in [4.78, 5) is 12.3. The maximum Gasteiger partial charge on any atom is 0.343 e. The van der Waals surface area contributed by atoms with E-state index in [4.69, 9.17) is 23.4 Å². The van der Waals surface area contributed by atoms with E-state index in [1.807, 2.05) is 0 Å². The molecule has 4 rings (SSSR count). The molecule has 35 heavy (non-hydrogen) atoms. The average molecular weight is 478 g/mol. The molecule has 1 aliphatic carbocycles. The highest BCUT2D eigenvalue weighted by Gasteiger charge is 2.19. The minimum Gasteiger partial charge on any atom is -0.612 e. The summed E-state index contributed by atoms with van der Waals surface area (Å²) < 4.78 is 27.0. The topological polar surface area (TPSA) is 136 Å². The van der Waals surface area contributed by atoms with E-state index in [1.165, 1.54) is 69.9 Å². The first-order valence-electron chi connectivity index (χ1n) is 10.2. The van der Waals surface area contributed by atoms with Crippen LogP contribution in [0.1, 0.15) is 16.1 Å². The monoisotopic (exact) mass is 478 g/mol. The van der Waals surface area contributed by atoms with Crippen LogP contribution in [0.4, 0.5) is 0 Å². The number of aromatic hydroxyl groups is 1. The molecule has 1 aromatic heterocycles. The molecular weight excluding hydrogens is 458 g/mol. The molecule has 0 amide bonds. The predicted molar refractivity (Wildman–Crippen MR) is 127 cm³/mol. The number of methoxy groups -OCH3 is 3. The summed E-state index contributed by atoms with van der Waals surface area (Å²) in [7, 11) is 4.34. The molecule has 10 heteroatoms. The third kappa shape index (κ3) is 4.62. The van der Waals surface area contributed by atoms with Crippen LogP contribution in [-0.4, -0.2) is 43.0 Å². The number of furan rings is 1. The van der Waals surface area contributed by atoms with Gasteiger partial charge < -0.3 is 38.9 Å². The Morgan fingerprint density at radius 3 is 2.20 bits per heavy atom. The van der Waals surface area contributed by atoms with Crippen LogP contribution in [0.5, 0.6) is 28.7 Å². The molecule has 0 aliphatic heterocycles. The Morgan fingerprint density at radius 1 is 0.971 bits per heavy atom. The van der Waals surface area contributed by atoms with Gasteiger partial charge in [-0.3, -0.25) is 0 Å². The van der Waals surface area contributed by atoms with Gasteiger partial charge in [0, 0.05) is 18.2 Å². The number of hydrogen-bond donors (Lipinski definition) is 1. The molecule has 10 nitrogen and oxygen atoms in total. The molecule has 0 spiro atoms. The van der Waals surface area contributed by atoms with E-state index in [0.717, 1.165) is 0 Å².